The lowest BCUT2D eigenvalue weighted by Crippen LogP contribution is -2.35. The van der Waals surface area contributed by atoms with Crippen LogP contribution in [0.2, 0.25) is 0 Å². The van der Waals surface area contributed by atoms with E-state index in [2.05, 4.69) is 0 Å². The molecule has 0 N–H and O–H groups in total. The maximum atomic E-state index is 13.0. The van der Waals surface area contributed by atoms with Gasteiger partial charge in [-0.15, -0.1) is 0 Å². The zero-order valence-corrected chi connectivity index (χ0v) is 10.2. The quantitative estimate of drug-likeness (QED) is 0.451. The van der Waals surface area contributed by atoms with E-state index in [-0.39, 0.29) is 10.1 Å². The fraction of sp³-hybridized carbons (Fsp3) is 0.100. The molecular weight excluding hydrogens is 287 g/mol. The molecule has 0 radical (unpaired) electrons. The lowest BCUT2D eigenvalue weighted by atomic mass is 10.2. The Morgan fingerprint density at radius 2 is 1.83 bits per heavy atom. The van der Waals surface area contributed by atoms with Gasteiger partial charge in [0.25, 0.3) is 5.91 Å². The van der Waals surface area contributed by atoms with Gasteiger partial charge in [-0.1, -0.05) is 24.0 Å². The van der Waals surface area contributed by atoms with Gasteiger partial charge in [-0.3, -0.25) is 9.59 Å². The van der Waals surface area contributed by atoms with Crippen molar-refractivity contribution in [3.05, 3.63) is 35.1 Å². The molecule has 18 heavy (non-hydrogen) atoms. The summed E-state index contributed by atoms with van der Waals surface area (Å²) in [6.45, 7) is 0. The maximum absolute atomic E-state index is 13.0. The summed E-state index contributed by atoms with van der Waals surface area (Å²) in [5.41, 5.74) is -0.468. The SMILES string of the molecule is O=C1CSC(=S)N1C(=O)c1cc(F)c(F)c(F)c1. The molecule has 0 unspecified atom stereocenters. The Morgan fingerprint density at radius 3 is 2.28 bits per heavy atom. The number of thiocarbonyl (C=S) groups is 1. The van der Waals surface area contributed by atoms with Crippen molar-refractivity contribution in [1.29, 1.82) is 0 Å². The van der Waals surface area contributed by atoms with Crippen molar-refractivity contribution in [3.63, 3.8) is 0 Å². The van der Waals surface area contributed by atoms with E-state index in [4.69, 9.17) is 12.2 Å². The average molecular weight is 291 g/mol. The van der Waals surface area contributed by atoms with Crippen LogP contribution in [-0.2, 0) is 4.79 Å². The molecule has 94 valence electrons. The van der Waals surface area contributed by atoms with Crippen molar-refractivity contribution < 1.29 is 22.8 Å². The number of rotatable bonds is 1. The molecule has 0 aromatic heterocycles. The van der Waals surface area contributed by atoms with Crippen LogP contribution in [0.5, 0.6) is 0 Å². The topological polar surface area (TPSA) is 37.4 Å². The lowest BCUT2D eigenvalue weighted by molar-refractivity contribution is -0.122. The number of halogens is 3. The van der Waals surface area contributed by atoms with Crippen LogP contribution < -0.4 is 0 Å². The van der Waals surface area contributed by atoms with E-state index in [0.717, 1.165) is 11.8 Å². The smallest absolute Gasteiger partial charge is 0.266 e. The minimum absolute atomic E-state index is 0.00324. The molecule has 0 atom stereocenters. The normalized spacial score (nSPS) is 15.4. The lowest BCUT2D eigenvalue weighted by Gasteiger charge is -2.12. The van der Waals surface area contributed by atoms with Crippen molar-refractivity contribution in [2.45, 2.75) is 0 Å². The second-order valence-corrected chi connectivity index (χ2v) is 4.95. The largest absolute Gasteiger partial charge is 0.273 e. The Morgan fingerprint density at radius 1 is 1.28 bits per heavy atom. The third kappa shape index (κ3) is 2.13. The fourth-order valence-electron chi connectivity index (χ4n) is 1.36. The molecule has 2 rings (SSSR count). The molecule has 1 aromatic rings. The Kier molecular flexibility index (Phi) is 3.40. The van der Waals surface area contributed by atoms with E-state index in [1.807, 2.05) is 0 Å². The summed E-state index contributed by atoms with van der Waals surface area (Å²) in [5.74, 6) is -6.20. The van der Waals surface area contributed by atoms with E-state index < -0.39 is 34.8 Å². The standard InChI is InChI=1S/C10H4F3NO2S2/c11-5-1-4(2-6(12)8(5)13)9(16)14-7(15)3-18-10(14)17/h1-2H,3H2. The number of benzene rings is 1. The van der Waals surface area contributed by atoms with Gasteiger partial charge in [0.05, 0.1) is 5.75 Å². The Hall–Kier alpha value is -1.41. The molecule has 1 aliphatic heterocycles. The average Bonchev–Trinajstić information content (AvgIpc) is 2.64. The summed E-state index contributed by atoms with van der Waals surface area (Å²) in [7, 11) is 0. The van der Waals surface area contributed by atoms with Gasteiger partial charge in [0.1, 0.15) is 0 Å². The highest BCUT2D eigenvalue weighted by molar-refractivity contribution is 8.24. The van der Waals surface area contributed by atoms with Gasteiger partial charge in [-0.05, 0) is 12.1 Å². The first-order valence-corrected chi connectivity index (χ1v) is 6.00. The van der Waals surface area contributed by atoms with Crippen molar-refractivity contribution >= 4 is 40.1 Å². The molecule has 2 amide bonds. The van der Waals surface area contributed by atoms with E-state index in [1.54, 1.807) is 0 Å². The third-order valence-corrected chi connectivity index (χ3v) is 3.54. The van der Waals surface area contributed by atoms with Gasteiger partial charge >= 0.3 is 0 Å². The summed E-state index contributed by atoms with van der Waals surface area (Å²) in [5, 5.41) is 0. The highest BCUT2D eigenvalue weighted by atomic mass is 32.2. The van der Waals surface area contributed by atoms with Crippen LogP contribution in [0.1, 0.15) is 10.4 Å². The summed E-state index contributed by atoms with van der Waals surface area (Å²) < 4.78 is 38.7. The summed E-state index contributed by atoms with van der Waals surface area (Å²) in [4.78, 5) is 23.8. The summed E-state index contributed by atoms with van der Waals surface area (Å²) in [6.07, 6.45) is 0. The summed E-state index contributed by atoms with van der Waals surface area (Å²) in [6, 6.07) is 1.05. The van der Waals surface area contributed by atoms with Crippen LogP contribution in [0.3, 0.4) is 0 Å². The minimum Gasteiger partial charge on any atom is -0.273 e. The zero-order chi connectivity index (χ0) is 13.4. The van der Waals surface area contributed by atoms with E-state index >= 15 is 0 Å². The molecule has 0 bridgehead atoms. The first kappa shape index (κ1) is 13.0. The predicted molar refractivity (Wildman–Crippen MR) is 62.5 cm³/mol. The van der Waals surface area contributed by atoms with Crippen molar-refractivity contribution in [2.24, 2.45) is 0 Å². The van der Waals surface area contributed by atoms with Gasteiger partial charge < -0.3 is 0 Å². The monoisotopic (exact) mass is 291 g/mol. The van der Waals surface area contributed by atoms with Gasteiger partial charge in [-0.25, -0.2) is 18.1 Å². The molecule has 8 heteroatoms. The number of thioether (sulfide) groups is 1. The summed E-state index contributed by atoms with van der Waals surface area (Å²) >= 11 is 5.74. The number of hydrogen-bond acceptors (Lipinski definition) is 4. The van der Waals surface area contributed by atoms with Crippen LogP contribution in [0.15, 0.2) is 12.1 Å². The second kappa shape index (κ2) is 4.69. The highest BCUT2D eigenvalue weighted by Crippen LogP contribution is 2.23. The number of imide groups is 1. The van der Waals surface area contributed by atoms with E-state index in [0.29, 0.717) is 17.0 Å². The first-order valence-electron chi connectivity index (χ1n) is 4.60. The number of amides is 2. The highest BCUT2D eigenvalue weighted by Gasteiger charge is 2.33. The van der Waals surface area contributed by atoms with Crippen molar-refractivity contribution in [3.8, 4) is 0 Å². The molecule has 0 saturated carbocycles. The van der Waals surface area contributed by atoms with Crippen molar-refractivity contribution in [1.82, 2.24) is 4.90 Å². The fourth-order valence-corrected chi connectivity index (χ4v) is 2.41. The van der Waals surface area contributed by atoms with Gasteiger partial charge in [-0.2, -0.15) is 0 Å². The predicted octanol–water partition coefficient (Wildman–Crippen LogP) is 2.10. The first-order chi connectivity index (χ1) is 8.41. The van der Waals surface area contributed by atoms with Crippen LogP contribution in [0.4, 0.5) is 13.2 Å². The number of carbonyl (C=O) groups excluding carboxylic acids is 2. The van der Waals surface area contributed by atoms with Gasteiger partial charge in [0, 0.05) is 5.56 Å². The third-order valence-electron chi connectivity index (χ3n) is 2.18. The van der Waals surface area contributed by atoms with E-state index in [9.17, 15) is 22.8 Å². The molecule has 3 nitrogen and oxygen atoms in total. The molecule has 1 aromatic carbocycles. The Bertz CT molecular complexity index is 537. The number of hydrogen-bond donors (Lipinski definition) is 0. The minimum atomic E-state index is -1.67. The molecule has 0 aliphatic carbocycles. The molecule has 1 heterocycles. The Balaban J connectivity index is 2.40. The van der Waals surface area contributed by atoms with Gasteiger partial charge in [0.15, 0.2) is 21.8 Å². The molecule has 1 fully saturated rings. The van der Waals surface area contributed by atoms with Crippen LogP contribution >= 0.6 is 24.0 Å². The Labute approximate surface area is 109 Å². The van der Waals surface area contributed by atoms with Crippen molar-refractivity contribution in [2.75, 3.05) is 5.75 Å². The molecular formula is C10H4F3NO2S2. The molecule has 1 saturated heterocycles. The molecule has 1 aliphatic rings. The maximum Gasteiger partial charge on any atom is 0.266 e. The van der Waals surface area contributed by atoms with Crippen LogP contribution in [-0.4, -0.2) is 26.8 Å². The van der Waals surface area contributed by atoms with Crippen LogP contribution in [0.25, 0.3) is 0 Å². The number of carbonyl (C=O) groups is 2. The van der Waals surface area contributed by atoms with Crippen LogP contribution in [0, 0.1) is 17.5 Å². The zero-order valence-electron chi connectivity index (χ0n) is 8.58. The van der Waals surface area contributed by atoms with Gasteiger partial charge in [0.2, 0.25) is 5.91 Å². The number of nitrogens with zero attached hydrogens (tertiary/aromatic N) is 1. The van der Waals surface area contributed by atoms with E-state index in [1.165, 1.54) is 0 Å². The second-order valence-electron chi connectivity index (χ2n) is 3.34. The molecule has 0 spiro atoms.